The second-order valence-corrected chi connectivity index (χ2v) is 7.55. The monoisotopic (exact) mass is 383 g/mol. The van der Waals surface area contributed by atoms with Gasteiger partial charge in [-0.3, -0.25) is 4.90 Å². The van der Waals surface area contributed by atoms with Gasteiger partial charge in [0, 0.05) is 25.6 Å². The van der Waals surface area contributed by atoms with Crippen molar-refractivity contribution in [2.75, 3.05) is 34.3 Å². The molecule has 1 spiro atoms. The van der Waals surface area contributed by atoms with Crippen LogP contribution in [0.2, 0.25) is 0 Å². The molecule has 0 saturated heterocycles. The number of rotatable bonds is 1. The first kappa shape index (κ1) is 16.5. The van der Waals surface area contributed by atoms with Crippen LogP contribution in [0.1, 0.15) is 28.5 Å². The lowest BCUT2D eigenvalue weighted by atomic mass is 9.82. The Kier molecular flexibility index (Phi) is 3.39. The molecule has 4 heterocycles. The van der Waals surface area contributed by atoms with E-state index in [2.05, 4.69) is 30.1 Å². The summed E-state index contributed by atoms with van der Waals surface area (Å²) in [7, 11) is 3.75. The fourth-order valence-electron chi connectivity index (χ4n) is 4.76. The lowest BCUT2D eigenvalue weighted by molar-refractivity contribution is -0.273. The summed E-state index contributed by atoms with van der Waals surface area (Å²) in [6.45, 7) is 1.36. The predicted molar refractivity (Wildman–Crippen MR) is 97.7 cm³/mol. The maximum Gasteiger partial charge on any atom is 0.231 e. The first-order valence-electron chi connectivity index (χ1n) is 9.46. The van der Waals surface area contributed by atoms with Crippen molar-refractivity contribution in [2.45, 2.75) is 24.9 Å². The van der Waals surface area contributed by atoms with Crippen LogP contribution >= 0.6 is 0 Å². The van der Waals surface area contributed by atoms with Crippen molar-refractivity contribution in [1.82, 2.24) is 4.90 Å². The lowest BCUT2D eigenvalue weighted by Crippen LogP contribution is -2.54. The van der Waals surface area contributed by atoms with E-state index in [0.717, 1.165) is 52.7 Å². The van der Waals surface area contributed by atoms with Gasteiger partial charge in [-0.15, -0.1) is 0 Å². The van der Waals surface area contributed by atoms with Crippen molar-refractivity contribution >= 4 is 0 Å². The smallest absolute Gasteiger partial charge is 0.231 e. The number of methoxy groups -OCH3 is 1. The van der Waals surface area contributed by atoms with Crippen LogP contribution in [-0.2, 0) is 28.0 Å². The van der Waals surface area contributed by atoms with Crippen molar-refractivity contribution in [2.24, 2.45) is 0 Å². The molecular weight excluding hydrogens is 362 g/mol. The zero-order valence-electron chi connectivity index (χ0n) is 15.8. The molecule has 2 aromatic rings. The summed E-state index contributed by atoms with van der Waals surface area (Å²) in [5.74, 6) is 3.04. The van der Waals surface area contributed by atoms with Crippen LogP contribution in [0.25, 0.3) is 0 Å². The topological polar surface area (TPSA) is 58.6 Å². The van der Waals surface area contributed by atoms with Gasteiger partial charge < -0.3 is 28.4 Å². The molecule has 6 rings (SSSR count). The molecular formula is C21H21NO6. The highest BCUT2D eigenvalue weighted by Crippen LogP contribution is 2.53. The highest BCUT2D eigenvalue weighted by Gasteiger charge is 2.50. The molecule has 7 nitrogen and oxygen atoms in total. The van der Waals surface area contributed by atoms with Gasteiger partial charge in [0.25, 0.3) is 0 Å². The minimum atomic E-state index is -0.643. The van der Waals surface area contributed by atoms with Gasteiger partial charge in [0.15, 0.2) is 35.0 Å². The number of fused-ring (bicyclic) bond motifs is 6. The predicted octanol–water partition coefficient (Wildman–Crippen LogP) is 2.70. The van der Waals surface area contributed by atoms with Crippen molar-refractivity contribution in [3.63, 3.8) is 0 Å². The largest absolute Gasteiger partial charge is 0.454 e. The molecule has 0 fully saturated rings. The Labute approximate surface area is 162 Å². The minimum absolute atomic E-state index is 0.222. The Morgan fingerprint density at radius 1 is 1.00 bits per heavy atom. The summed E-state index contributed by atoms with van der Waals surface area (Å²) >= 11 is 0. The normalized spacial score (nSPS) is 27.0. The van der Waals surface area contributed by atoms with Crippen molar-refractivity contribution in [3.8, 4) is 23.0 Å². The van der Waals surface area contributed by atoms with Gasteiger partial charge in [-0.1, -0.05) is 6.07 Å². The van der Waals surface area contributed by atoms with Gasteiger partial charge in [-0.25, -0.2) is 0 Å². The first-order valence-corrected chi connectivity index (χ1v) is 9.46. The Morgan fingerprint density at radius 2 is 1.79 bits per heavy atom. The Hall–Kier alpha value is -2.48. The van der Waals surface area contributed by atoms with Crippen molar-refractivity contribution in [1.29, 1.82) is 0 Å². The van der Waals surface area contributed by atoms with Gasteiger partial charge in [-0.2, -0.15) is 0 Å². The highest BCUT2D eigenvalue weighted by atomic mass is 16.7. The summed E-state index contributed by atoms with van der Waals surface area (Å²) in [6, 6.07) is 8.22. The molecule has 28 heavy (non-hydrogen) atoms. The Balaban J connectivity index is 1.53. The van der Waals surface area contributed by atoms with Crippen LogP contribution in [0, 0.1) is 0 Å². The van der Waals surface area contributed by atoms with Crippen molar-refractivity contribution in [3.05, 3.63) is 46.5 Å². The molecule has 4 aliphatic rings. The number of nitrogens with zero attached hydrogens (tertiary/aromatic N) is 1. The summed E-state index contributed by atoms with van der Waals surface area (Å²) in [4.78, 5) is 2.26. The van der Waals surface area contributed by atoms with Crippen LogP contribution < -0.4 is 18.9 Å². The number of likely N-dealkylation sites (N-methyl/N-ethyl adjacent to an activating group) is 1. The SMILES string of the molecule is CO[C@H]1O[C@@]2(Cc3ccc4c(c31)OCO4)c1cc3c(cc1CCN2C)OCO3. The highest BCUT2D eigenvalue weighted by molar-refractivity contribution is 5.56. The van der Waals surface area contributed by atoms with Gasteiger partial charge >= 0.3 is 0 Å². The van der Waals surface area contributed by atoms with Crippen LogP contribution in [0.3, 0.4) is 0 Å². The zero-order chi connectivity index (χ0) is 18.9. The molecule has 0 radical (unpaired) electrons. The van der Waals surface area contributed by atoms with E-state index >= 15 is 0 Å². The molecule has 0 amide bonds. The van der Waals surface area contributed by atoms with E-state index in [1.54, 1.807) is 7.11 Å². The van der Waals surface area contributed by atoms with Gasteiger partial charge in [0.1, 0.15) is 0 Å². The van der Waals surface area contributed by atoms with E-state index in [0.29, 0.717) is 6.42 Å². The second kappa shape index (κ2) is 5.76. The third kappa shape index (κ3) is 2.09. The van der Waals surface area contributed by atoms with E-state index in [1.165, 1.54) is 5.56 Å². The van der Waals surface area contributed by atoms with Crippen molar-refractivity contribution < 1.29 is 28.4 Å². The number of hydrogen-bond acceptors (Lipinski definition) is 7. The van der Waals surface area contributed by atoms with Gasteiger partial charge in [0.05, 0.1) is 5.56 Å². The number of ether oxygens (including phenoxy) is 6. The van der Waals surface area contributed by atoms with E-state index in [-0.39, 0.29) is 13.6 Å². The molecule has 7 heteroatoms. The molecule has 0 unspecified atom stereocenters. The fraction of sp³-hybridized carbons (Fsp3) is 0.429. The molecule has 2 aromatic carbocycles. The van der Waals surface area contributed by atoms with E-state index in [1.807, 2.05) is 6.07 Å². The van der Waals surface area contributed by atoms with E-state index in [4.69, 9.17) is 28.4 Å². The first-order chi connectivity index (χ1) is 13.7. The molecule has 0 bridgehead atoms. The maximum atomic E-state index is 6.69. The summed E-state index contributed by atoms with van der Waals surface area (Å²) in [5, 5.41) is 0. The zero-order valence-corrected chi connectivity index (χ0v) is 15.8. The summed E-state index contributed by atoms with van der Waals surface area (Å²) < 4.78 is 35.0. The molecule has 0 N–H and O–H groups in total. The fourth-order valence-corrected chi connectivity index (χ4v) is 4.76. The molecule has 0 aromatic heterocycles. The van der Waals surface area contributed by atoms with Gasteiger partial charge in [-0.05, 0) is 42.8 Å². The average molecular weight is 383 g/mol. The third-order valence-electron chi connectivity index (χ3n) is 6.20. The lowest BCUT2D eigenvalue weighted by Gasteiger charge is -2.50. The molecule has 0 aliphatic carbocycles. The second-order valence-electron chi connectivity index (χ2n) is 7.55. The van der Waals surface area contributed by atoms with Crippen LogP contribution in [-0.4, -0.2) is 39.2 Å². The van der Waals surface area contributed by atoms with E-state index in [9.17, 15) is 0 Å². The molecule has 2 atom stereocenters. The maximum absolute atomic E-state index is 6.69. The molecule has 146 valence electrons. The summed E-state index contributed by atoms with van der Waals surface area (Å²) in [6.07, 6.45) is 1.06. The minimum Gasteiger partial charge on any atom is -0.454 e. The van der Waals surface area contributed by atoms with Crippen LogP contribution in [0.4, 0.5) is 0 Å². The van der Waals surface area contributed by atoms with E-state index < -0.39 is 12.0 Å². The Bertz CT molecular complexity index is 976. The standard InChI is InChI=1S/C21H21NO6/c1-22-6-5-12-7-16-17(26-10-25-16)8-14(12)21(22)9-13-3-4-15-19(27-11-24-15)18(13)20(23-2)28-21/h3-4,7-8,20H,5-6,9-11H2,1-2H3/t20-,21-/m0/s1. The molecule has 0 saturated carbocycles. The average Bonchev–Trinajstić information content (AvgIpc) is 3.37. The Morgan fingerprint density at radius 3 is 2.64 bits per heavy atom. The third-order valence-corrected chi connectivity index (χ3v) is 6.20. The van der Waals surface area contributed by atoms with Crippen LogP contribution in [0.5, 0.6) is 23.0 Å². The van der Waals surface area contributed by atoms with Gasteiger partial charge in [0.2, 0.25) is 13.6 Å². The number of benzene rings is 2. The number of hydrogen-bond donors (Lipinski definition) is 0. The van der Waals surface area contributed by atoms with Crippen LogP contribution in [0.15, 0.2) is 24.3 Å². The molecule has 4 aliphatic heterocycles. The summed E-state index contributed by atoms with van der Waals surface area (Å²) in [5.41, 5.74) is 3.75. The quantitative estimate of drug-likeness (QED) is 0.750.